The summed E-state index contributed by atoms with van der Waals surface area (Å²) >= 11 is 0. The van der Waals surface area contributed by atoms with Crippen LogP contribution < -0.4 is 0 Å². The van der Waals surface area contributed by atoms with Gasteiger partial charge in [-0.2, -0.15) is 0 Å². The van der Waals surface area contributed by atoms with E-state index in [2.05, 4.69) is 39.6 Å². The molecule has 0 aromatic carbocycles. The molecular formula is C15H31NO. The van der Waals surface area contributed by atoms with E-state index < -0.39 is 0 Å². The molecule has 1 fully saturated rings. The fourth-order valence-corrected chi connectivity index (χ4v) is 3.30. The quantitative estimate of drug-likeness (QED) is 0.816. The van der Waals surface area contributed by atoms with Gasteiger partial charge in [-0.25, -0.2) is 0 Å². The summed E-state index contributed by atoms with van der Waals surface area (Å²) in [5, 5.41) is 9.89. The minimum absolute atomic E-state index is 0.0736. The molecule has 0 amide bonds. The molecule has 0 bridgehead atoms. The minimum atomic E-state index is -0.0736. The summed E-state index contributed by atoms with van der Waals surface area (Å²) in [4.78, 5) is 2.49. The largest absolute Gasteiger partial charge is 0.393 e. The highest BCUT2D eigenvalue weighted by molar-refractivity contribution is 4.87. The Bertz CT molecular complexity index is 221. The van der Waals surface area contributed by atoms with Gasteiger partial charge in [-0.3, -0.25) is 0 Å². The third-order valence-electron chi connectivity index (χ3n) is 3.88. The Morgan fingerprint density at radius 1 is 1.24 bits per heavy atom. The first-order valence-corrected chi connectivity index (χ1v) is 7.22. The second kappa shape index (κ2) is 6.19. The maximum absolute atomic E-state index is 9.89. The van der Waals surface area contributed by atoms with Gasteiger partial charge in [-0.05, 0) is 44.1 Å². The number of aliphatic hydroxyl groups is 1. The third-order valence-corrected chi connectivity index (χ3v) is 3.88. The van der Waals surface area contributed by atoms with Crippen molar-refractivity contribution in [3.05, 3.63) is 0 Å². The molecule has 1 saturated carbocycles. The Kier molecular flexibility index (Phi) is 5.46. The van der Waals surface area contributed by atoms with Crippen LogP contribution in [0.3, 0.4) is 0 Å². The van der Waals surface area contributed by atoms with Gasteiger partial charge in [-0.1, -0.05) is 34.1 Å². The van der Waals surface area contributed by atoms with E-state index in [1.807, 2.05) is 0 Å². The van der Waals surface area contributed by atoms with Crippen LogP contribution in [0.15, 0.2) is 0 Å². The van der Waals surface area contributed by atoms with Crippen molar-refractivity contribution in [3.63, 3.8) is 0 Å². The van der Waals surface area contributed by atoms with E-state index >= 15 is 0 Å². The molecule has 3 atom stereocenters. The maximum atomic E-state index is 9.89. The van der Waals surface area contributed by atoms with Crippen molar-refractivity contribution >= 4 is 0 Å². The van der Waals surface area contributed by atoms with Gasteiger partial charge in [-0.15, -0.1) is 0 Å². The first kappa shape index (κ1) is 15.0. The molecule has 0 aromatic rings. The molecule has 0 saturated heterocycles. The van der Waals surface area contributed by atoms with Crippen molar-refractivity contribution in [1.29, 1.82) is 0 Å². The zero-order valence-electron chi connectivity index (χ0n) is 12.4. The fourth-order valence-electron chi connectivity index (χ4n) is 3.30. The van der Waals surface area contributed by atoms with E-state index in [0.717, 1.165) is 25.3 Å². The summed E-state index contributed by atoms with van der Waals surface area (Å²) < 4.78 is 0. The highest BCUT2D eigenvalue weighted by Gasteiger charge is 2.32. The Balaban J connectivity index is 2.61. The van der Waals surface area contributed by atoms with Crippen LogP contribution in [0.4, 0.5) is 0 Å². The molecule has 0 radical (unpaired) electrons. The Hall–Kier alpha value is -0.0800. The third kappa shape index (κ3) is 4.97. The number of rotatable bonds is 4. The van der Waals surface area contributed by atoms with Crippen molar-refractivity contribution in [1.82, 2.24) is 4.90 Å². The number of hydrogen-bond acceptors (Lipinski definition) is 2. The van der Waals surface area contributed by atoms with Gasteiger partial charge in [0, 0.05) is 12.6 Å². The second-order valence-corrected chi connectivity index (χ2v) is 7.06. The van der Waals surface area contributed by atoms with Crippen molar-refractivity contribution < 1.29 is 5.11 Å². The van der Waals surface area contributed by atoms with Crippen molar-refractivity contribution in [2.75, 3.05) is 13.6 Å². The SMILES string of the molecule is CCCC1CCC(O)CC1N(C)CC(C)(C)C. The summed E-state index contributed by atoms with van der Waals surface area (Å²) in [6, 6.07) is 0.581. The van der Waals surface area contributed by atoms with Gasteiger partial charge in [0.25, 0.3) is 0 Å². The Morgan fingerprint density at radius 3 is 2.41 bits per heavy atom. The molecular weight excluding hydrogens is 210 g/mol. The van der Waals surface area contributed by atoms with Crippen LogP contribution in [0.2, 0.25) is 0 Å². The smallest absolute Gasteiger partial charge is 0.0555 e. The zero-order valence-corrected chi connectivity index (χ0v) is 12.4. The molecule has 1 aliphatic carbocycles. The van der Waals surface area contributed by atoms with Gasteiger partial charge in [0.2, 0.25) is 0 Å². The predicted octanol–water partition coefficient (Wildman–Crippen LogP) is 3.29. The summed E-state index contributed by atoms with van der Waals surface area (Å²) in [6.07, 6.45) is 5.68. The fraction of sp³-hybridized carbons (Fsp3) is 1.00. The van der Waals surface area contributed by atoms with E-state index in [0.29, 0.717) is 11.5 Å². The highest BCUT2D eigenvalue weighted by atomic mass is 16.3. The van der Waals surface area contributed by atoms with E-state index in [-0.39, 0.29) is 6.10 Å². The molecule has 0 aliphatic heterocycles. The lowest BCUT2D eigenvalue weighted by atomic mass is 9.79. The molecule has 102 valence electrons. The molecule has 1 aliphatic rings. The zero-order chi connectivity index (χ0) is 13.1. The molecule has 1 N–H and O–H groups in total. The van der Waals surface area contributed by atoms with E-state index in [4.69, 9.17) is 0 Å². The lowest BCUT2D eigenvalue weighted by molar-refractivity contribution is 0.0229. The molecule has 0 aromatic heterocycles. The Morgan fingerprint density at radius 2 is 1.88 bits per heavy atom. The van der Waals surface area contributed by atoms with E-state index in [1.165, 1.54) is 19.3 Å². The van der Waals surface area contributed by atoms with Gasteiger partial charge in [0.15, 0.2) is 0 Å². The van der Waals surface area contributed by atoms with Crippen LogP contribution in [0, 0.1) is 11.3 Å². The second-order valence-electron chi connectivity index (χ2n) is 7.06. The van der Waals surface area contributed by atoms with Crippen LogP contribution in [0.25, 0.3) is 0 Å². The summed E-state index contributed by atoms with van der Waals surface area (Å²) in [6.45, 7) is 10.3. The normalized spacial score (nSPS) is 30.9. The van der Waals surface area contributed by atoms with Crippen molar-refractivity contribution in [2.24, 2.45) is 11.3 Å². The van der Waals surface area contributed by atoms with Gasteiger partial charge in [0.05, 0.1) is 6.10 Å². The van der Waals surface area contributed by atoms with E-state index in [1.54, 1.807) is 0 Å². The number of hydrogen-bond donors (Lipinski definition) is 1. The standard InChI is InChI=1S/C15H31NO/c1-6-7-12-8-9-13(17)10-14(12)16(5)11-15(2,3)4/h12-14,17H,6-11H2,1-5H3. The lowest BCUT2D eigenvalue weighted by Crippen LogP contribution is -2.46. The van der Waals surface area contributed by atoms with E-state index in [9.17, 15) is 5.11 Å². The van der Waals surface area contributed by atoms with Gasteiger partial charge < -0.3 is 10.0 Å². The average molecular weight is 241 g/mol. The summed E-state index contributed by atoms with van der Waals surface area (Å²) in [5.74, 6) is 0.788. The molecule has 2 heteroatoms. The van der Waals surface area contributed by atoms with Crippen LogP contribution in [0.5, 0.6) is 0 Å². The number of aliphatic hydroxyl groups excluding tert-OH is 1. The van der Waals surface area contributed by atoms with Crippen LogP contribution in [0.1, 0.15) is 59.8 Å². The first-order valence-electron chi connectivity index (χ1n) is 7.22. The molecule has 1 rings (SSSR count). The minimum Gasteiger partial charge on any atom is -0.393 e. The average Bonchev–Trinajstić information content (AvgIpc) is 2.18. The predicted molar refractivity (Wildman–Crippen MR) is 74.1 cm³/mol. The molecule has 2 nitrogen and oxygen atoms in total. The van der Waals surface area contributed by atoms with Gasteiger partial charge >= 0.3 is 0 Å². The highest BCUT2D eigenvalue weighted by Crippen LogP contribution is 2.32. The molecule has 0 heterocycles. The topological polar surface area (TPSA) is 23.5 Å². The van der Waals surface area contributed by atoms with Crippen LogP contribution >= 0.6 is 0 Å². The van der Waals surface area contributed by atoms with Crippen molar-refractivity contribution in [2.45, 2.75) is 71.9 Å². The Labute approximate surface area is 107 Å². The lowest BCUT2D eigenvalue weighted by Gasteiger charge is -2.42. The molecule has 17 heavy (non-hydrogen) atoms. The number of nitrogens with zero attached hydrogens (tertiary/aromatic N) is 1. The molecule has 0 spiro atoms. The van der Waals surface area contributed by atoms with Gasteiger partial charge in [0.1, 0.15) is 0 Å². The monoisotopic (exact) mass is 241 g/mol. The van der Waals surface area contributed by atoms with Crippen molar-refractivity contribution in [3.8, 4) is 0 Å². The summed E-state index contributed by atoms with van der Waals surface area (Å²) in [5.41, 5.74) is 0.341. The molecule has 3 unspecified atom stereocenters. The summed E-state index contributed by atoms with van der Waals surface area (Å²) in [7, 11) is 2.23. The first-order chi connectivity index (χ1) is 7.83. The maximum Gasteiger partial charge on any atom is 0.0555 e. The van der Waals surface area contributed by atoms with Crippen LogP contribution in [-0.4, -0.2) is 35.7 Å². The van der Waals surface area contributed by atoms with Crippen LogP contribution in [-0.2, 0) is 0 Å².